The van der Waals surface area contributed by atoms with Crippen LogP contribution >= 0.6 is 22.9 Å². The third kappa shape index (κ3) is 6.40. The number of hydrogen-bond donors (Lipinski definition) is 2. The quantitative estimate of drug-likeness (QED) is 0.381. The zero-order valence-corrected chi connectivity index (χ0v) is 21.3. The highest BCUT2D eigenvalue weighted by molar-refractivity contribution is 7.13. The van der Waals surface area contributed by atoms with Crippen LogP contribution in [0.5, 0.6) is 0 Å². The van der Waals surface area contributed by atoms with E-state index in [1.807, 2.05) is 0 Å². The molecule has 0 bridgehead atoms. The number of Topliss-reactive ketones (excluding diaryl/α,β-unsaturated/α-hetero) is 1. The van der Waals surface area contributed by atoms with Gasteiger partial charge in [-0.15, -0.1) is 11.3 Å². The van der Waals surface area contributed by atoms with Gasteiger partial charge in [0.1, 0.15) is 28.5 Å². The largest absolute Gasteiger partial charge is 0.418 e. The number of aromatic nitrogens is 4. The van der Waals surface area contributed by atoms with Crippen molar-refractivity contribution in [3.05, 3.63) is 56.5 Å². The molecule has 1 amide bonds. The molecule has 0 unspecified atom stereocenters. The number of nitrogens with two attached hydrogens (primary N) is 1. The van der Waals surface area contributed by atoms with Crippen LogP contribution in [0.3, 0.4) is 0 Å². The average molecular weight is 554 g/mol. The van der Waals surface area contributed by atoms with Crippen molar-refractivity contribution in [2.24, 2.45) is 0 Å². The number of anilines is 2. The number of amides is 1. The third-order valence-corrected chi connectivity index (χ3v) is 7.41. The Balaban J connectivity index is 1.44. The summed E-state index contributed by atoms with van der Waals surface area (Å²) in [7, 11) is 0. The van der Waals surface area contributed by atoms with Gasteiger partial charge in [0.25, 0.3) is 5.91 Å². The number of pyridine rings is 1. The Labute approximate surface area is 219 Å². The van der Waals surface area contributed by atoms with Gasteiger partial charge in [0.15, 0.2) is 5.78 Å². The minimum atomic E-state index is -4.69. The van der Waals surface area contributed by atoms with Crippen molar-refractivity contribution in [2.45, 2.75) is 44.8 Å². The second-order valence-corrected chi connectivity index (χ2v) is 10.1. The van der Waals surface area contributed by atoms with E-state index in [4.69, 9.17) is 17.3 Å². The number of thiazole rings is 1. The van der Waals surface area contributed by atoms with E-state index in [1.54, 1.807) is 6.92 Å². The first-order valence-corrected chi connectivity index (χ1v) is 12.6. The van der Waals surface area contributed by atoms with Gasteiger partial charge in [0.05, 0.1) is 21.8 Å². The minimum absolute atomic E-state index is 0.0751. The number of likely N-dealkylation sites (tertiary alicyclic amines) is 1. The molecule has 3 N–H and O–H groups in total. The van der Waals surface area contributed by atoms with Gasteiger partial charge in [-0.3, -0.25) is 14.5 Å². The fourth-order valence-electron chi connectivity index (χ4n) is 3.97. The van der Waals surface area contributed by atoms with Gasteiger partial charge in [-0.1, -0.05) is 18.5 Å². The summed E-state index contributed by atoms with van der Waals surface area (Å²) in [6, 6.07) is 0.663. The Morgan fingerprint density at radius 2 is 1.92 bits per heavy atom. The Morgan fingerprint density at radius 3 is 2.62 bits per heavy atom. The molecule has 14 heteroatoms. The molecule has 0 aliphatic carbocycles. The van der Waals surface area contributed by atoms with Crippen molar-refractivity contribution in [2.75, 3.05) is 24.1 Å². The molecule has 1 saturated heterocycles. The predicted octanol–water partition coefficient (Wildman–Crippen LogP) is 4.81. The van der Waals surface area contributed by atoms with Crippen molar-refractivity contribution in [3.63, 3.8) is 0 Å². The molecule has 9 nitrogen and oxygen atoms in total. The fourth-order valence-corrected chi connectivity index (χ4v) is 5.05. The number of rotatable bonds is 8. The van der Waals surface area contributed by atoms with E-state index in [2.05, 4.69) is 30.2 Å². The van der Waals surface area contributed by atoms with Gasteiger partial charge in [-0.2, -0.15) is 13.2 Å². The zero-order valence-electron chi connectivity index (χ0n) is 19.7. The molecule has 4 heterocycles. The molecule has 0 spiro atoms. The smallest absolute Gasteiger partial charge is 0.383 e. The summed E-state index contributed by atoms with van der Waals surface area (Å²) in [6.45, 7) is 4.13. The molecule has 37 heavy (non-hydrogen) atoms. The summed E-state index contributed by atoms with van der Waals surface area (Å²) in [4.78, 5) is 44.3. The van der Waals surface area contributed by atoms with Crippen LogP contribution in [0.1, 0.15) is 68.4 Å². The van der Waals surface area contributed by atoms with Gasteiger partial charge in [0, 0.05) is 30.6 Å². The lowest BCUT2D eigenvalue weighted by atomic mass is 10.0. The molecule has 0 aromatic carbocycles. The SMILES string of the molecule is C[C@@H](CC(=O)c1ncnc(N)c1CN1CCCC1)c1ncc(C(=O)Nc2cc(C(F)(F)F)c(Cl)cn2)s1. The van der Waals surface area contributed by atoms with E-state index in [0.29, 0.717) is 23.2 Å². The van der Waals surface area contributed by atoms with Crippen LogP contribution in [-0.4, -0.2) is 49.6 Å². The maximum atomic E-state index is 13.1. The maximum absolute atomic E-state index is 13.1. The number of alkyl halides is 3. The lowest BCUT2D eigenvalue weighted by Gasteiger charge is -2.18. The van der Waals surface area contributed by atoms with E-state index >= 15 is 0 Å². The first kappa shape index (κ1) is 26.9. The molecule has 1 atom stereocenters. The number of carbonyl (C=O) groups is 2. The number of ketones is 1. The average Bonchev–Trinajstić information content (AvgIpc) is 3.53. The second-order valence-electron chi connectivity index (χ2n) is 8.66. The van der Waals surface area contributed by atoms with E-state index in [0.717, 1.165) is 43.5 Å². The molecule has 1 aliphatic heterocycles. The van der Waals surface area contributed by atoms with E-state index in [9.17, 15) is 22.8 Å². The van der Waals surface area contributed by atoms with Gasteiger partial charge < -0.3 is 11.1 Å². The lowest BCUT2D eigenvalue weighted by Crippen LogP contribution is -2.23. The molecular weight excluding hydrogens is 531 g/mol. The number of nitrogen functional groups attached to an aromatic ring is 1. The Kier molecular flexibility index (Phi) is 8.05. The molecule has 0 saturated carbocycles. The first-order valence-electron chi connectivity index (χ1n) is 11.4. The number of nitrogens with one attached hydrogen (secondary N) is 1. The molecule has 3 aromatic heterocycles. The first-order chi connectivity index (χ1) is 17.5. The monoisotopic (exact) mass is 553 g/mol. The zero-order chi connectivity index (χ0) is 26.7. The lowest BCUT2D eigenvalue weighted by molar-refractivity contribution is -0.137. The molecule has 1 fully saturated rings. The highest BCUT2D eigenvalue weighted by atomic mass is 35.5. The summed E-state index contributed by atoms with van der Waals surface area (Å²) in [5, 5.41) is 2.27. The Hall–Kier alpha value is -3.16. The Morgan fingerprint density at radius 1 is 1.19 bits per heavy atom. The summed E-state index contributed by atoms with van der Waals surface area (Å²) in [5.41, 5.74) is 5.83. The maximum Gasteiger partial charge on any atom is 0.418 e. The number of hydrogen-bond acceptors (Lipinski definition) is 9. The summed E-state index contributed by atoms with van der Waals surface area (Å²) >= 11 is 6.61. The number of nitrogens with zero attached hydrogens (tertiary/aromatic N) is 5. The summed E-state index contributed by atoms with van der Waals surface area (Å²) in [6.07, 6.45) is 0.952. The molecule has 4 rings (SSSR count). The van der Waals surface area contributed by atoms with Crippen molar-refractivity contribution in [1.82, 2.24) is 24.8 Å². The predicted molar refractivity (Wildman–Crippen MR) is 133 cm³/mol. The van der Waals surface area contributed by atoms with Crippen LogP contribution in [-0.2, 0) is 12.7 Å². The third-order valence-electron chi connectivity index (χ3n) is 5.89. The van der Waals surface area contributed by atoms with Crippen molar-refractivity contribution in [1.29, 1.82) is 0 Å². The molecular formula is C23H23ClF3N7O2S. The molecule has 0 radical (unpaired) electrons. The van der Waals surface area contributed by atoms with Crippen molar-refractivity contribution >= 4 is 46.3 Å². The molecule has 196 valence electrons. The number of carbonyl (C=O) groups excluding carboxylic acids is 2. The summed E-state index contributed by atoms with van der Waals surface area (Å²) in [5.74, 6) is -1.27. The van der Waals surface area contributed by atoms with Gasteiger partial charge >= 0.3 is 6.18 Å². The van der Waals surface area contributed by atoms with E-state index in [-0.39, 0.29) is 40.3 Å². The highest BCUT2D eigenvalue weighted by Gasteiger charge is 2.34. The van der Waals surface area contributed by atoms with Crippen LogP contribution in [0.15, 0.2) is 24.8 Å². The van der Waals surface area contributed by atoms with Gasteiger partial charge in [-0.25, -0.2) is 19.9 Å². The standard InChI is InChI=1S/C23H23ClF3N7O2S/c1-12(6-16(35)19-13(20(28)32-11-31-19)10-34-4-2-3-5-34)22-30-9-17(37-22)21(36)33-18-7-14(23(25,26)27)15(24)8-29-18/h7-9,11-12H,2-6,10H2,1H3,(H2,28,31,32)(H,29,33,36)/t12-/m0/s1. The van der Waals surface area contributed by atoms with Crippen molar-refractivity contribution < 1.29 is 22.8 Å². The minimum Gasteiger partial charge on any atom is -0.383 e. The van der Waals surface area contributed by atoms with Crippen molar-refractivity contribution in [3.8, 4) is 0 Å². The van der Waals surface area contributed by atoms with Gasteiger partial charge in [0.2, 0.25) is 0 Å². The number of halogens is 4. The van der Waals surface area contributed by atoms with Crippen LogP contribution < -0.4 is 11.1 Å². The van der Waals surface area contributed by atoms with Crippen LogP contribution in [0.25, 0.3) is 0 Å². The highest BCUT2D eigenvalue weighted by Crippen LogP contribution is 2.35. The van der Waals surface area contributed by atoms with E-state index in [1.165, 1.54) is 12.5 Å². The topological polar surface area (TPSA) is 127 Å². The van der Waals surface area contributed by atoms with E-state index < -0.39 is 22.7 Å². The van der Waals surface area contributed by atoms with Crippen LogP contribution in [0.4, 0.5) is 24.8 Å². The molecule has 3 aromatic rings. The molecule has 1 aliphatic rings. The fraction of sp³-hybridized carbons (Fsp3) is 0.391. The Bertz CT molecular complexity index is 1310. The van der Waals surface area contributed by atoms with Gasteiger partial charge in [-0.05, 0) is 32.0 Å². The second kappa shape index (κ2) is 11.1. The van der Waals surface area contributed by atoms with Crippen LogP contribution in [0.2, 0.25) is 5.02 Å². The van der Waals surface area contributed by atoms with Crippen LogP contribution in [0, 0.1) is 0 Å². The summed E-state index contributed by atoms with van der Waals surface area (Å²) < 4.78 is 39.2. The normalized spacial score (nSPS) is 15.1.